The Morgan fingerprint density at radius 3 is 2.28 bits per heavy atom. The first kappa shape index (κ1) is 19.7. The van der Waals surface area contributed by atoms with E-state index in [-0.39, 0.29) is 5.91 Å². The van der Waals surface area contributed by atoms with Crippen molar-refractivity contribution in [2.45, 2.75) is 20.4 Å². The van der Waals surface area contributed by atoms with E-state index in [0.717, 1.165) is 44.1 Å². The summed E-state index contributed by atoms with van der Waals surface area (Å²) in [5, 5.41) is 5.40. The van der Waals surface area contributed by atoms with Crippen LogP contribution in [0.3, 0.4) is 0 Å². The second-order valence-corrected chi connectivity index (χ2v) is 7.91. The largest absolute Gasteiger partial charge is 0.336 e. The molecule has 1 aliphatic heterocycles. The normalized spacial score (nSPS) is 14.9. The van der Waals surface area contributed by atoms with Gasteiger partial charge in [-0.2, -0.15) is 5.10 Å². The van der Waals surface area contributed by atoms with Gasteiger partial charge in [-0.1, -0.05) is 29.8 Å². The molecule has 29 heavy (non-hydrogen) atoms. The molecular weight excluding hydrogens is 384 g/mol. The van der Waals surface area contributed by atoms with Gasteiger partial charge in [-0.3, -0.25) is 9.69 Å². The smallest absolute Gasteiger partial charge is 0.253 e. The van der Waals surface area contributed by atoms with E-state index in [2.05, 4.69) is 30.9 Å². The van der Waals surface area contributed by atoms with E-state index in [9.17, 15) is 4.79 Å². The molecule has 0 unspecified atom stereocenters. The van der Waals surface area contributed by atoms with E-state index in [1.807, 2.05) is 27.8 Å². The number of amides is 1. The summed E-state index contributed by atoms with van der Waals surface area (Å²) in [4.78, 5) is 17.0. The second-order valence-electron chi connectivity index (χ2n) is 7.47. The van der Waals surface area contributed by atoms with Crippen LogP contribution in [0.25, 0.3) is 5.69 Å². The minimum absolute atomic E-state index is 0.0746. The van der Waals surface area contributed by atoms with Crippen LogP contribution >= 0.6 is 11.6 Å². The highest BCUT2D eigenvalue weighted by atomic mass is 35.5. The van der Waals surface area contributed by atoms with Gasteiger partial charge in [0.1, 0.15) is 0 Å². The van der Waals surface area contributed by atoms with Crippen LogP contribution in [0.15, 0.2) is 54.6 Å². The predicted molar refractivity (Wildman–Crippen MR) is 116 cm³/mol. The summed E-state index contributed by atoms with van der Waals surface area (Å²) in [5.74, 6) is 0.0746. The highest BCUT2D eigenvalue weighted by molar-refractivity contribution is 6.30. The number of rotatable bonds is 4. The third kappa shape index (κ3) is 4.21. The molecule has 0 N–H and O–H groups in total. The van der Waals surface area contributed by atoms with Gasteiger partial charge in [0.25, 0.3) is 5.91 Å². The number of hydrogen-bond acceptors (Lipinski definition) is 3. The Kier molecular flexibility index (Phi) is 5.69. The standard InChI is InChI=1S/C23H25ClN4O/c1-17-22(18(2)28(25-17)21-6-4-3-5-7-21)16-26-12-14-27(15-13-26)23(29)19-8-10-20(24)11-9-19/h3-11H,12-16H2,1-2H3. The number of benzene rings is 2. The molecule has 5 nitrogen and oxygen atoms in total. The van der Waals surface area contributed by atoms with Crippen LogP contribution in [-0.4, -0.2) is 51.7 Å². The summed E-state index contributed by atoms with van der Waals surface area (Å²) in [6.07, 6.45) is 0. The lowest BCUT2D eigenvalue weighted by atomic mass is 10.1. The Hall–Kier alpha value is -2.63. The highest BCUT2D eigenvalue weighted by Gasteiger charge is 2.24. The van der Waals surface area contributed by atoms with Gasteiger partial charge in [0.15, 0.2) is 0 Å². The van der Waals surface area contributed by atoms with Crippen molar-refractivity contribution in [3.8, 4) is 5.69 Å². The zero-order chi connectivity index (χ0) is 20.4. The molecule has 1 amide bonds. The van der Waals surface area contributed by atoms with Gasteiger partial charge in [0.2, 0.25) is 0 Å². The number of nitrogens with zero attached hydrogens (tertiary/aromatic N) is 4. The zero-order valence-electron chi connectivity index (χ0n) is 16.8. The van der Waals surface area contributed by atoms with Crippen LogP contribution in [0.2, 0.25) is 5.02 Å². The summed E-state index contributed by atoms with van der Waals surface area (Å²) in [7, 11) is 0. The van der Waals surface area contributed by atoms with Gasteiger partial charge in [0.05, 0.1) is 11.4 Å². The second kappa shape index (κ2) is 8.39. The van der Waals surface area contributed by atoms with E-state index in [1.165, 1.54) is 11.3 Å². The lowest BCUT2D eigenvalue weighted by Crippen LogP contribution is -2.48. The molecule has 2 aromatic carbocycles. The van der Waals surface area contributed by atoms with Gasteiger partial charge in [-0.25, -0.2) is 4.68 Å². The van der Waals surface area contributed by atoms with E-state index >= 15 is 0 Å². The Balaban J connectivity index is 1.41. The number of hydrogen-bond donors (Lipinski definition) is 0. The molecule has 150 valence electrons. The summed E-state index contributed by atoms with van der Waals surface area (Å²) in [6.45, 7) is 8.22. The summed E-state index contributed by atoms with van der Waals surface area (Å²) < 4.78 is 2.02. The molecule has 1 saturated heterocycles. The summed E-state index contributed by atoms with van der Waals surface area (Å²) in [5.41, 5.74) is 5.28. The van der Waals surface area contributed by atoms with Crippen molar-refractivity contribution in [3.05, 3.63) is 82.1 Å². The fourth-order valence-corrected chi connectivity index (χ4v) is 3.96. The molecule has 3 aromatic rings. The minimum Gasteiger partial charge on any atom is -0.336 e. The Morgan fingerprint density at radius 2 is 1.62 bits per heavy atom. The van der Waals surface area contributed by atoms with Crippen LogP contribution < -0.4 is 0 Å². The molecule has 2 heterocycles. The molecule has 0 saturated carbocycles. The van der Waals surface area contributed by atoms with Crippen LogP contribution in [0.4, 0.5) is 0 Å². The number of carbonyl (C=O) groups is 1. The van der Waals surface area contributed by atoms with Crippen molar-refractivity contribution in [1.82, 2.24) is 19.6 Å². The van der Waals surface area contributed by atoms with E-state index in [4.69, 9.17) is 16.7 Å². The fraction of sp³-hybridized carbons (Fsp3) is 0.304. The Morgan fingerprint density at radius 1 is 0.966 bits per heavy atom. The number of piperazine rings is 1. The topological polar surface area (TPSA) is 41.4 Å². The fourth-order valence-electron chi connectivity index (χ4n) is 3.83. The summed E-state index contributed by atoms with van der Waals surface area (Å²) in [6, 6.07) is 17.3. The quantitative estimate of drug-likeness (QED) is 0.652. The SMILES string of the molecule is Cc1nn(-c2ccccc2)c(C)c1CN1CCN(C(=O)c2ccc(Cl)cc2)CC1. The van der Waals surface area contributed by atoms with Crippen molar-refractivity contribution < 1.29 is 4.79 Å². The number of aromatic nitrogens is 2. The van der Waals surface area contributed by atoms with Crippen molar-refractivity contribution in [2.24, 2.45) is 0 Å². The third-order valence-electron chi connectivity index (χ3n) is 5.57. The lowest BCUT2D eigenvalue weighted by molar-refractivity contribution is 0.0628. The number of halogens is 1. The van der Waals surface area contributed by atoms with Gasteiger partial charge >= 0.3 is 0 Å². The Labute approximate surface area is 176 Å². The monoisotopic (exact) mass is 408 g/mol. The molecule has 0 aliphatic carbocycles. The van der Waals surface area contributed by atoms with Crippen LogP contribution in [0.1, 0.15) is 27.3 Å². The maximum Gasteiger partial charge on any atom is 0.253 e. The van der Waals surface area contributed by atoms with Crippen molar-refractivity contribution in [3.63, 3.8) is 0 Å². The van der Waals surface area contributed by atoms with Crippen LogP contribution in [0, 0.1) is 13.8 Å². The zero-order valence-corrected chi connectivity index (χ0v) is 17.6. The van der Waals surface area contributed by atoms with Gasteiger partial charge in [0, 0.05) is 54.6 Å². The molecular formula is C23H25ClN4O. The Bertz CT molecular complexity index is 990. The van der Waals surface area contributed by atoms with E-state index in [0.29, 0.717) is 10.6 Å². The molecule has 0 radical (unpaired) electrons. The predicted octanol–water partition coefficient (Wildman–Crippen LogP) is 4.10. The molecule has 4 rings (SSSR count). The van der Waals surface area contributed by atoms with Gasteiger partial charge < -0.3 is 4.90 Å². The summed E-state index contributed by atoms with van der Waals surface area (Å²) >= 11 is 5.93. The maximum atomic E-state index is 12.7. The maximum absolute atomic E-state index is 12.7. The highest BCUT2D eigenvalue weighted by Crippen LogP contribution is 2.21. The van der Waals surface area contributed by atoms with E-state index in [1.54, 1.807) is 24.3 Å². The van der Waals surface area contributed by atoms with Gasteiger partial charge in [-0.05, 0) is 50.2 Å². The first-order valence-electron chi connectivity index (χ1n) is 9.90. The molecule has 1 aromatic heterocycles. The lowest BCUT2D eigenvalue weighted by Gasteiger charge is -2.34. The number of carbonyl (C=O) groups excluding carboxylic acids is 1. The van der Waals surface area contributed by atoms with Crippen molar-refractivity contribution in [2.75, 3.05) is 26.2 Å². The minimum atomic E-state index is 0.0746. The van der Waals surface area contributed by atoms with Crippen LogP contribution in [-0.2, 0) is 6.54 Å². The molecule has 0 spiro atoms. The molecule has 1 aliphatic rings. The van der Waals surface area contributed by atoms with Crippen molar-refractivity contribution in [1.29, 1.82) is 0 Å². The first-order valence-corrected chi connectivity index (χ1v) is 10.3. The average Bonchev–Trinajstić information content (AvgIpc) is 3.03. The number of aryl methyl sites for hydroxylation is 1. The van der Waals surface area contributed by atoms with Crippen LogP contribution in [0.5, 0.6) is 0 Å². The van der Waals surface area contributed by atoms with E-state index < -0.39 is 0 Å². The first-order chi connectivity index (χ1) is 14.0. The molecule has 1 fully saturated rings. The number of para-hydroxylation sites is 1. The molecule has 0 bridgehead atoms. The van der Waals surface area contributed by atoms with Gasteiger partial charge in [-0.15, -0.1) is 0 Å². The molecule has 0 atom stereocenters. The average molecular weight is 409 g/mol. The van der Waals surface area contributed by atoms with Crippen molar-refractivity contribution >= 4 is 17.5 Å². The molecule has 6 heteroatoms. The third-order valence-corrected chi connectivity index (χ3v) is 5.83.